The van der Waals surface area contributed by atoms with Gasteiger partial charge in [-0.05, 0) is 25.6 Å². The second kappa shape index (κ2) is 3.39. The predicted molar refractivity (Wildman–Crippen MR) is 51.8 cm³/mol. The number of unbranched alkanes of at least 4 members (excludes halogenated alkanes) is 1. The Hall–Kier alpha value is -0.640. The smallest absolute Gasteiger partial charge is 0.251 e. The highest BCUT2D eigenvalue weighted by Crippen LogP contribution is 2.17. The molecule has 0 spiro atoms. The summed E-state index contributed by atoms with van der Waals surface area (Å²) in [7, 11) is 0. The number of thiocarbonyl (C=S) groups is 1. The van der Waals surface area contributed by atoms with E-state index in [0.717, 1.165) is 19.3 Å². The van der Waals surface area contributed by atoms with E-state index in [9.17, 15) is 4.79 Å². The second-order valence-corrected chi connectivity index (χ2v) is 3.75. The van der Waals surface area contributed by atoms with Gasteiger partial charge in [0.1, 0.15) is 5.54 Å². The van der Waals surface area contributed by atoms with E-state index in [4.69, 9.17) is 12.2 Å². The zero-order valence-corrected chi connectivity index (χ0v) is 8.25. The van der Waals surface area contributed by atoms with Crippen molar-refractivity contribution >= 4 is 23.2 Å². The second-order valence-electron chi connectivity index (χ2n) is 3.34. The minimum Gasteiger partial charge on any atom is -0.348 e. The summed E-state index contributed by atoms with van der Waals surface area (Å²) in [4.78, 5) is 11.4. The lowest BCUT2D eigenvalue weighted by Gasteiger charge is -2.20. The number of amides is 1. The summed E-state index contributed by atoms with van der Waals surface area (Å²) in [5.74, 6) is 0.000880. The van der Waals surface area contributed by atoms with Crippen LogP contribution < -0.4 is 10.6 Å². The predicted octanol–water partition coefficient (Wildman–Crippen LogP) is 0.940. The maximum Gasteiger partial charge on any atom is 0.251 e. The van der Waals surface area contributed by atoms with Crippen molar-refractivity contribution < 1.29 is 4.79 Å². The third-order valence-corrected chi connectivity index (χ3v) is 2.35. The van der Waals surface area contributed by atoms with Crippen LogP contribution in [0.4, 0.5) is 0 Å². The van der Waals surface area contributed by atoms with Gasteiger partial charge in [-0.2, -0.15) is 0 Å². The average molecular weight is 186 g/mol. The first-order chi connectivity index (χ1) is 5.58. The summed E-state index contributed by atoms with van der Waals surface area (Å²) in [6.07, 6.45) is 2.98. The molecule has 1 heterocycles. The van der Waals surface area contributed by atoms with Gasteiger partial charge in [-0.1, -0.05) is 19.8 Å². The molecule has 1 rings (SSSR count). The van der Waals surface area contributed by atoms with Gasteiger partial charge in [0.15, 0.2) is 5.11 Å². The van der Waals surface area contributed by atoms with Gasteiger partial charge >= 0.3 is 0 Å². The fourth-order valence-electron chi connectivity index (χ4n) is 1.29. The molecule has 1 amide bonds. The van der Waals surface area contributed by atoms with E-state index in [1.807, 2.05) is 6.92 Å². The summed E-state index contributed by atoms with van der Waals surface area (Å²) >= 11 is 4.85. The third kappa shape index (κ3) is 1.75. The van der Waals surface area contributed by atoms with Crippen LogP contribution in [0.25, 0.3) is 0 Å². The van der Waals surface area contributed by atoms with Gasteiger partial charge in [-0.3, -0.25) is 4.79 Å². The average Bonchev–Trinajstić information content (AvgIpc) is 2.23. The van der Waals surface area contributed by atoms with Crippen LogP contribution in [0.5, 0.6) is 0 Å². The summed E-state index contributed by atoms with van der Waals surface area (Å²) in [5.41, 5.74) is -0.465. The van der Waals surface area contributed by atoms with Gasteiger partial charge in [0, 0.05) is 0 Å². The first-order valence-corrected chi connectivity index (χ1v) is 4.63. The lowest BCUT2D eigenvalue weighted by Crippen LogP contribution is -2.43. The van der Waals surface area contributed by atoms with E-state index in [1.165, 1.54) is 0 Å². The minimum atomic E-state index is -0.465. The zero-order valence-electron chi connectivity index (χ0n) is 7.44. The van der Waals surface area contributed by atoms with E-state index in [0.29, 0.717) is 5.11 Å². The fourth-order valence-corrected chi connectivity index (χ4v) is 1.60. The Morgan fingerprint density at radius 1 is 1.58 bits per heavy atom. The minimum absolute atomic E-state index is 0.000880. The maximum absolute atomic E-state index is 11.4. The number of carbonyl (C=O) groups is 1. The molecule has 3 nitrogen and oxygen atoms in total. The highest BCUT2D eigenvalue weighted by atomic mass is 32.1. The lowest BCUT2D eigenvalue weighted by molar-refractivity contribution is -0.123. The quantitative estimate of drug-likeness (QED) is 0.644. The molecule has 0 aromatic rings. The molecule has 1 fully saturated rings. The van der Waals surface area contributed by atoms with Crippen molar-refractivity contribution in [2.75, 3.05) is 0 Å². The standard InChI is InChI=1S/C8H14N2OS/c1-3-4-5-8(2)6(11)9-7(12)10-8/h3-5H2,1-2H3,(H2,9,10,11,12). The van der Waals surface area contributed by atoms with E-state index >= 15 is 0 Å². The molecule has 4 heteroatoms. The van der Waals surface area contributed by atoms with Gasteiger partial charge in [-0.15, -0.1) is 0 Å². The Morgan fingerprint density at radius 3 is 2.67 bits per heavy atom. The summed E-state index contributed by atoms with van der Waals surface area (Å²) < 4.78 is 0. The van der Waals surface area contributed by atoms with Crippen molar-refractivity contribution in [2.24, 2.45) is 0 Å². The van der Waals surface area contributed by atoms with Crippen molar-refractivity contribution in [2.45, 2.75) is 38.6 Å². The molecule has 0 saturated carbocycles. The van der Waals surface area contributed by atoms with Crippen LogP contribution in [-0.4, -0.2) is 16.6 Å². The van der Waals surface area contributed by atoms with Crippen LogP contribution in [0.2, 0.25) is 0 Å². The molecule has 1 aliphatic heterocycles. The van der Waals surface area contributed by atoms with E-state index < -0.39 is 5.54 Å². The van der Waals surface area contributed by atoms with Crippen LogP contribution in [-0.2, 0) is 4.79 Å². The molecular formula is C8H14N2OS. The first kappa shape index (κ1) is 9.45. The number of rotatable bonds is 3. The number of nitrogens with one attached hydrogen (secondary N) is 2. The SMILES string of the molecule is CCCCC1(C)NC(=S)NC1=O. The molecule has 0 aromatic carbocycles. The van der Waals surface area contributed by atoms with Crippen molar-refractivity contribution in [1.29, 1.82) is 0 Å². The summed E-state index contributed by atoms with van der Waals surface area (Å²) in [6.45, 7) is 3.99. The number of hydrogen-bond donors (Lipinski definition) is 2. The third-order valence-electron chi connectivity index (χ3n) is 2.15. The molecule has 2 N–H and O–H groups in total. The summed E-state index contributed by atoms with van der Waals surface area (Å²) in [6, 6.07) is 0. The Kier molecular flexibility index (Phi) is 2.67. The Labute approximate surface area is 77.9 Å². The van der Waals surface area contributed by atoms with Gasteiger partial charge in [0.2, 0.25) is 0 Å². The molecule has 1 unspecified atom stereocenters. The topological polar surface area (TPSA) is 41.1 Å². The van der Waals surface area contributed by atoms with Crippen molar-refractivity contribution in [3.8, 4) is 0 Å². The first-order valence-electron chi connectivity index (χ1n) is 4.22. The molecule has 0 bridgehead atoms. The van der Waals surface area contributed by atoms with Gasteiger partial charge < -0.3 is 10.6 Å². The Morgan fingerprint density at radius 2 is 2.25 bits per heavy atom. The van der Waals surface area contributed by atoms with Crippen LogP contribution in [0.1, 0.15) is 33.1 Å². The normalized spacial score (nSPS) is 28.5. The van der Waals surface area contributed by atoms with Crippen LogP contribution >= 0.6 is 12.2 Å². The molecule has 0 aromatic heterocycles. The molecule has 12 heavy (non-hydrogen) atoms. The molecule has 0 radical (unpaired) electrons. The highest BCUT2D eigenvalue weighted by molar-refractivity contribution is 7.80. The number of carbonyl (C=O) groups excluding carboxylic acids is 1. The fraction of sp³-hybridized carbons (Fsp3) is 0.750. The van der Waals surface area contributed by atoms with E-state index in [1.54, 1.807) is 0 Å². The molecule has 0 aliphatic carbocycles. The Bertz CT molecular complexity index is 217. The van der Waals surface area contributed by atoms with Crippen molar-refractivity contribution in [3.63, 3.8) is 0 Å². The molecule has 1 aliphatic rings. The molecule has 1 atom stereocenters. The lowest BCUT2D eigenvalue weighted by atomic mass is 9.95. The van der Waals surface area contributed by atoms with Crippen molar-refractivity contribution in [1.82, 2.24) is 10.6 Å². The maximum atomic E-state index is 11.4. The largest absolute Gasteiger partial charge is 0.348 e. The van der Waals surface area contributed by atoms with Crippen LogP contribution in [0.15, 0.2) is 0 Å². The van der Waals surface area contributed by atoms with Gasteiger partial charge in [-0.25, -0.2) is 0 Å². The Balaban J connectivity index is 2.58. The van der Waals surface area contributed by atoms with Gasteiger partial charge in [0.05, 0.1) is 0 Å². The zero-order chi connectivity index (χ0) is 9.19. The van der Waals surface area contributed by atoms with Crippen molar-refractivity contribution in [3.05, 3.63) is 0 Å². The molecule has 1 saturated heterocycles. The number of hydrogen-bond acceptors (Lipinski definition) is 2. The van der Waals surface area contributed by atoms with Crippen LogP contribution in [0.3, 0.4) is 0 Å². The van der Waals surface area contributed by atoms with Gasteiger partial charge in [0.25, 0.3) is 5.91 Å². The highest BCUT2D eigenvalue weighted by Gasteiger charge is 2.38. The molecular weight excluding hydrogens is 172 g/mol. The molecule has 68 valence electrons. The summed E-state index contributed by atoms with van der Waals surface area (Å²) in [5, 5.41) is 6.04. The monoisotopic (exact) mass is 186 g/mol. The van der Waals surface area contributed by atoms with E-state index in [2.05, 4.69) is 17.6 Å². The van der Waals surface area contributed by atoms with Crippen LogP contribution in [0, 0.1) is 0 Å². The van der Waals surface area contributed by atoms with E-state index in [-0.39, 0.29) is 5.91 Å².